The summed E-state index contributed by atoms with van der Waals surface area (Å²) in [5, 5.41) is 0. The van der Waals surface area contributed by atoms with Crippen LogP contribution >= 0.6 is 0 Å². The molecule has 0 N–H and O–H groups in total. The summed E-state index contributed by atoms with van der Waals surface area (Å²) in [6, 6.07) is 8.29. The number of rotatable bonds is 3. The van der Waals surface area contributed by atoms with E-state index in [2.05, 4.69) is 4.98 Å². The molecule has 0 aliphatic carbocycles. The summed E-state index contributed by atoms with van der Waals surface area (Å²) in [6.45, 7) is 6.15. The molecule has 0 amide bonds. The molecule has 0 radical (unpaired) electrons. The van der Waals surface area contributed by atoms with Gasteiger partial charge >= 0.3 is 6.18 Å². The first-order valence-electron chi connectivity index (χ1n) is 8.88. The Balaban J connectivity index is 1.81. The molecule has 1 fully saturated rings. The molecule has 1 aromatic carbocycles. The van der Waals surface area contributed by atoms with Gasteiger partial charge in [-0.3, -0.25) is 0 Å². The highest BCUT2D eigenvalue weighted by Gasteiger charge is 2.39. The monoisotopic (exact) mass is 413 g/mol. The lowest BCUT2D eigenvalue weighted by atomic mass is 10.1. The molecule has 152 valence electrons. The van der Waals surface area contributed by atoms with Gasteiger partial charge in [0.05, 0.1) is 10.5 Å². The number of nitrogens with zero attached hydrogens (tertiary/aromatic N) is 3. The van der Waals surface area contributed by atoms with Crippen LogP contribution in [0.4, 0.5) is 19.0 Å². The van der Waals surface area contributed by atoms with Gasteiger partial charge in [0.15, 0.2) is 0 Å². The van der Waals surface area contributed by atoms with Crippen LogP contribution in [0.2, 0.25) is 0 Å². The van der Waals surface area contributed by atoms with Gasteiger partial charge in [0.2, 0.25) is 10.0 Å². The van der Waals surface area contributed by atoms with Gasteiger partial charge < -0.3 is 4.90 Å². The number of hydrogen-bond donors (Lipinski definition) is 0. The summed E-state index contributed by atoms with van der Waals surface area (Å²) in [4.78, 5) is 5.98. The molecule has 0 unspecified atom stereocenters. The number of benzene rings is 1. The zero-order chi connectivity index (χ0) is 20.7. The average Bonchev–Trinajstić information content (AvgIpc) is 2.60. The number of sulfonamides is 1. The first-order chi connectivity index (χ1) is 13.0. The minimum atomic E-state index is -4.44. The molecule has 2 aromatic rings. The Morgan fingerprint density at radius 3 is 2.04 bits per heavy atom. The molecule has 1 aliphatic rings. The van der Waals surface area contributed by atoms with E-state index >= 15 is 0 Å². The van der Waals surface area contributed by atoms with Crippen LogP contribution in [-0.2, 0) is 16.2 Å². The van der Waals surface area contributed by atoms with Gasteiger partial charge in [-0.05, 0) is 45.0 Å². The zero-order valence-corrected chi connectivity index (χ0v) is 16.6. The lowest BCUT2D eigenvalue weighted by Gasteiger charge is -2.43. The van der Waals surface area contributed by atoms with Crippen LogP contribution in [-0.4, -0.2) is 42.9 Å². The zero-order valence-electron chi connectivity index (χ0n) is 15.8. The van der Waals surface area contributed by atoms with Crippen molar-refractivity contribution in [2.75, 3.05) is 18.0 Å². The van der Waals surface area contributed by atoms with Gasteiger partial charge in [0, 0.05) is 31.4 Å². The third-order valence-electron chi connectivity index (χ3n) is 4.83. The fraction of sp³-hybridized carbons (Fsp3) is 0.421. The molecule has 0 saturated carbocycles. The SMILES string of the molecule is Cc1ccc(S(=O)(=O)N2[C@@H](C)CN(c3ccc(C(F)(F)F)cn3)C[C@@H]2C)cc1. The van der Waals surface area contributed by atoms with E-state index in [0.29, 0.717) is 18.9 Å². The topological polar surface area (TPSA) is 53.5 Å². The van der Waals surface area contributed by atoms with Crippen LogP contribution < -0.4 is 4.90 Å². The highest BCUT2D eigenvalue weighted by atomic mass is 32.2. The standard InChI is InChI=1S/C19H22F3N3O2S/c1-13-4-7-17(8-5-13)28(26,27)25-14(2)11-24(12-15(25)3)18-9-6-16(10-23-18)19(20,21)22/h4-10,14-15H,11-12H2,1-3H3/t14-,15-/m0/s1. The summed E-state index contributed by atoms with van der Waals surface area (Å²) in [5.74, 6) is 0.402. The number of anilines is 1. The molecular weight excluding hydrogens is 391 g/mol. The minimum absolute atomic E-state index is 0.234. The quantitative estimate of drug-likeness (QED) is 0.770. The Bertz CT molecular complexity index is 916. The van der Waals surface area contributed by atoms with Gasteiger partial charge in [0.25, 0.3) is 0 Å². The van der Waals surface area contributed by atoms with E-state index in [9.17, 15) is 21.6 Å². The van der Waals surface area contributed by atoms with Crippen molar-refractivity contribution in [3.8, 4) is 0 Å². The van der Waals surface area contributed by atoms with Crippen LogP contribution in [0, 0.1) is 6.92 Å². The summed E-state index contributed by atoms with van der Waals surface area (Å²) in [5.41, 5.74) is 0.163. The lowest BCUT2D eigenvalue weighted by molar-refractivity contribution is -0.137. The number of halogens is 3. The molecule has 28 heavy (non-hydrogen) atoms. The smallest absolute Gasteiger partial charge is 0.353 e. The van der Waals surface area contributed by atoms with Crippen molar-refractivity contribution in [1.82, 2.24) is 9.29 Å². The van der Waals surface area contributed by atoms with Crippen molar-refractivity contribution in [2.45, 2.75) is 43.9 Å². The van der Waals surface area contributed by atoms with Gasteiger partial charge in [0.1, 0.15) is 5.82 Å². The van der Waals surface area contributed by atoms with E-state index in [1.807, 2.05) is 11.8 Å². The number of alkyl halides is 3. The molecule has 2 atom stereocenters. The predicted molar refractivity (Wildman–Crippen MR) is 101 cm³/mol. The lowest BCUT2D eigenvalue weighted by Crippen LogP contribution is -2.58. The van der Waals surface area contributed by atoms with E-state index in [1.165, 1.54) is 10.4 Å². The van der Waals surface area contributed by atoms with Crippen LogP contribution in [0.15, 0.2) is 47.5 Å². The number of piperazine rings is 1. The van der Waals surface area contributed by atoms with Gasteiger partial charge in [-0.2, -0.15) is 17.5 Å². The number of pyridine rings is 1. The number of hydrogen-bond acceptors (Lipinski definition) is 4. The van der Waals surface area contributed by atoms with Crippen molar-refractivity contribution in [3.63, 3.8) is 0 Å². The van der Waals surface area contributed by atoms with Gasteiger partial charge in [-0.15, -0.1) is 0 Å². The third-order valence-corrected chi connectivity index (χ3v) is 6.98. The molecule has 0 spiro atoms. The van der Waals surface area contributed by atoms with E-state index in [4.69, 9.17) is 0 Å². The normalized spacial score (nSPS) is 21.7. The van der Waals surface area contributed by atoms with Crippen molar-refractivity contribution < 1.29 is 21.6 Å². The summed E-state index contributed by atoms with van der Waals surface area (Å²) < 4.78 is 65.8. The average molecular weight is 413 g/mol. The molecular formula is C19H22F3N3O2S. The molecule has 2 heterocycles. The maximum absolute atomic E-state index is 13.1. The van der Waals surface area contributed by atoms with Crippen LogP contribution in [0.5, 0.6) is 0 Å². The largest absolute Gasteiger partial charge is 0.417 e. The summed E-state index contributed by atoms with van der Waals surface area (Å²) >= 11 is 0. The summed E-state index contributed by atoms with van der Waals surface area (Å²) in [7, 11) is -3.67. The molecule has 0 bridgehead atoms. The molecule has 9 heteroatoms. The Labute approximate surface area is 162 Å². The van der Waals surface area contributed by atoms with Crippen LogP contribution in [0.3, 0.4) is 0 Å². The van der Waals surface area contributed by atoms with E-state index in [1.54, 1.807) is 38.1 Å². The van der Waals surface area contributed by atoms with Gasteiger partial charge in [-0.25, -0.2) is 13.4 Å². The van der Waals surface area contributed by atoms with Crippen LogP contribution in [0.1, 0.15) is 25.0 Å². The van der Waals surface area contributed by atoms with E-state index in [0.717, 1.165) is 17.8 Å². The van der Waals surface area contributed by atoms with Crippen molar-refractivity contribution in [1.29, 1.82) is 0 Å². The first-order valence-corrected chi connectivity index (χ1v) is 10.3. The maximum atomic E-state index is 13.1. The molecule has 5 nitrogen and oxygen atoms in total. The van der Waals surface area contributed by atoms with E-state index in [-0.39, 0.29) is 17.0 Å². The molecule has 1 aliphatic heterocycles. The number of aromatic nitrogens is 1. The molecule has 1 saturated heterocycles. The fourth-order valence-corrected chi connectivity index (χ4v) is 5.35. The highest BCUT2D eigenvalue weighted by molar-refractivity contribution is 7.89. The molecule has 3 rings (SSSR count). The second kappa shape index (κ2) is 7.36. The van der Waals surface area contributed by atoms with E-state index < -0.39 is 21.8 Å². The first kappa shape index (κ1) is 20.6. The number of aryl methyl sites for hydroxylation is 1. The minimum Gasteiger partial charge on any atom is -0.353 e. The van der Waals surface area contributed by atoms with Crippen LogP contribution in [0.25, 0.3) is 0 Å². The second-order valence-electron chi connectivity index (χ2n) is 7.15. The Morgan fingerprint density at radius 1 is 1.00 bits per heavy atom. The third kappa shape index (κ3) is 4.00. The Kier molecular flexibility index (Phi) is 5.42. The van der Waals surface area contributed by atoms with Crippen molar-refractivity contribution >= 4 is 15.8 Å². The fourth-order valence-electron chi connectivity index (χ4n) is 3.54. The predicted octanol–water partition coefficient (Wildman–Crippen LogP) is 3.70. The Morgan fingerprint density at radius 2 is 1.57 bits per heavy atom. The summed E-state index contributed by atoms with van der Waals surface area (Å²) in [6.07, 6.45) is -3.63. The molecule has 1 aromatic heterocycles. The van der Waals surface area contributed by atoms with Crippen molar-refractivity contribution in [2.24, 2.45) is 0 Å². The van der Waals surface area contributed by atoms with Gasteiger partial charge in [-0.1, -0.05) is 17.7 Å². The van der Waals surface area contributed by atoms with Crippen molar-refractivity contribution in [3.05, 3.63) is 53.7 Å². The highest BCUT2D eigenvalue weighted by Crippen LogP contribution is 2.31. The second-order valence-corrected chi connectivity index (χ2v) is 9.00. The maximum Gasteiger partial charge on any atom is 0.417 e. The Hall–Kier alpha value is -2.13.